The van der Waals surface area contributed by atoms with Crippen molar-refractivity contribution in [3.8, 4) is 16.4 Å². The zero-order valence-electron chi connectivity index (χ0n) is 15.7. The van der Waals surface area contributed by atoms with Crippen molar-refractivity contribution >= 4 is 34.8 Å². The Morgan fingerprint density at radius 1 is 1.25 bits per heavy atom. The van der Waals surface area contributed by atoms with Crippen LogP contribution < -0.4 is 5.32 Å². The van der Waals surface area contributed by atoms with Gasteiger partial charge in [-0.3, -0.25) is 9.59 Å². The van der Waals surface area contributed by atoms with E-state index in [-0.39, 0.29) is 18.9 Å². The number of nitrogens with one attached hydrogen (secondary N) is 1. The summed E-state index contributed by atoms with van der Waals surface area (Å²) in [6.45, 7) is 3.59. The van der Waals surface area contributed by atoms with Gasteiger partial charge in [0.15, 0.2) is 0 Å². The molecule has 0 saturated carbocycles. The highest BCUT2D eigenvalue weighted by Gasteiger charge is 2.18. The van der Waals surface area contributed by atoms with Crippen molar-refractivity contribution in [2.75, 3.05) is 13.7 Å². The number of aromatic nitrogens is 3. The number of nitrogens with zero attached hydrogens (tertiary/aromatic N) is 3. The summed E-state index contributed by atoms with van der Waals surface area (Å²) < 4.78 is 6.26. The lowest BCUT2D eigenvalue weighted by atomic mass is 10.1. The van der Waals surface area contributed by atoms with Crippen LogP contribution >= 0.6 is 22.9 Å². The van der Waals surface area contributed by atoms with E-state index in [2.05, 4.69) is 20.1 Å². The molecule has 2 heterocycles. The van der Waals surface area contributed by atoms with Gasteiger partial charge in [0.2, 0.25) is 11.0 Å². The van der Waals surface area contributed by atoms with Crippen LogP contribution in [0.15, 0.2) is 29.6 Å². The molecule has 0 aliphatic carbocycles. The summed E-state index contributed by atoms with van der Waals surface area (Å²) in [5.74, 6) is -0.757. The summed E-state index contributed by atoms with van der Waals surface area (Å²) >= 11 is 7.41. The first kappa shape index (κ1) is 20.0. The second kappa shape index (κ2) is 8.53. The number of ether oxygens (including phenoxy) is 1. The van der Waals surface area contributed by atoms with Crippen LogP contribution in [0.4, 0.5) is 0 Å². The minimum atomic E-state index is -0.491. The molecular weight excluding hydrogens is 400 g/mol. The molecule has 9 heteroatoms. The first-order valence-electron chi connectivity index (χ1n) is 8.49. The molecule has 3 aromatic rings. The van der Waals surface area contributed by atoms with Gasteiger partial charge in [0.25, 0.3) is 0 Å². The first-order chi connectivity index (χ1) is 13.4. The topological polar surface area (TPSA) is 86.1 Å². The molecular formula is C19H19ClN4O3S. The second-order valence-electron chi connectivity index (χ2n) is 6.11. The molecule has 0 aliphatic rings. The highest BCUT2D eigenvalue weighted by molar-refractivity contribution is 7.12. The Kier molecular flexibility index (Phi) is 6.11. The Labute approximate surface area is 171 Å². The first-order valence-corrected chi connectivity index (χ1v) is 9.75. The SMILES string of the molecule is COC(=O)CNC(=O)Cc1c(C)nn(-c2nc(-c3ccc(Cl)cc3)cs2)c1C. The number of methoxy groups -OCH3 is 1. The number of benzene rings is 1. The third-order valence-corrected chi connectivity index (χ3v) is 5.32. The van der Waals surface area contributed by atoms with Gasteiger partial charge >= 0.3 is 5.97 Å². The number of carbonyl (C=O) groups excluding carboxylic acids is 2. The maximum Gasteiger partial charge on any atom is 0.325 e. The molecule has 146 valence electrons. The minimum Gasteiger partial charge on any atom is -0.468 e. The van der Waals surface area contributed by atoms with Crippen molar-refractivity contribution in [1.29, 1.82) is 0 Å². The molecule has 0 spiro atoms. The smallest absolute Gasteiger partial charge is 0.325 e. The maximum absolute atomic E-state index is 12.1. The van der Waals surface area contributed by atoms with Crippen LogP contribution in [-0.2, 0) is 20.7 Å². The molecule has 0 radical (unpaired) electrons. The zero-order valence-corrected chi connectivity index (χ0v) is 17.2. The molecule has 0 atom stereocenters. The zero-order chi connectivity index (χ0) is 20.3. The number of thiazole rings is 1. The van der Waals surface area contributed by atoms with Crippen molar-refractivity contribution in [2.45, 2.75) is 20.3 Å². The summed E-state index contributed by atoms with van der Waals surface area (Å²) in [6, 6.07) is 7.48. The summed E-state index contributed by atoms with van der Waals surface area (Å²) in [5.41, 5.74) is 4.19. The molecule has 1 amide bonds. The summed E-state index contributed by atoms with van der Waals surface area (Å²) in [4.78, 5) is 27.9. The number of hydrogen-bond acceptors (Lipinski definition) is 6. The molecule has 7 nitrogen and oxygen atoms in total. The number of amides is 1. The normalized spacial score (nSPS) is 10.7. The monoisotopic (exact) mass is 418 g/mol. The molecule has 1 N–H and O–H groups in total. The van der Waals surface area contributed by atoms with Gasteiger partial charge in [-0.25, -0.2) is 9.67 Å². The van der Waals surface area contributed by atoms with Gasteiger partial charge in [-0.2, -0.15) is 5.10 Å². The maximum atomic E-state index is 12.1. The fraction of sp³-hybridized carbons (Fsp3) is 0.263. The Morgan fingerprint density at radius 2 is 1.96 bits per heavy atom. The summed E-state index contributed by atoms with van der Waals surface area (Å²) in [6.07, 6.45) is 0.129. The van der Waals surface area contributed by atoms with Crippen molar-refractivity contribution in [2.24, 2.45) is 0 Å². The van der Waals surface area contributed by atoms with E-state index in [4.69, 9.17) is 11.6 Å². The predicted molar refractivity (Wildman–Crippen MR) is 108 cm³/mol. The van der Waals surface area contributed by atoms with Gasteiger partial charge in [0, 0.05) is 27.2 Å². The molecule has 0 fully saturated rings. The van der Waals surface area contributed by atoms with E-state index in [9.17, 15) is 9.59 Å². The standard InChI is InChI=1S/C19H19ClN4O3S/c1-11-15(8-17(25)21-9-18(26)27-3)12(2)24(23-11)19-22-16(10-28-19)13-4-6-14(20)7-5-13/h4-7,10H,8-9H2,1-3H3,(H,21,25). The number of aryl methyl sites for hydroxylation is 1. The van der Waals surface area contributed by atoms with Gasteiger partial charge in [-0.05, 0) is 26.0 Å². The van der Waals surface area contributed by atoms with Crippen LogP contribution in [0.2, 0.25) is 5.02 Å². The van der Waals surface area contributed by atoms with Crippen LogP contribution in [-0.4, -0.2) is 40.3 Å². The molecule has 0 aliphatic heterocycles. The average molecular weight is 419 g/mol. The van der Waals surface area contributed by atoms with E-state index in [1.807, 2.05) is 43.5 Å². The Hall–Kier alpha value is -2.71. The number of hydrogen-bond donors (Lipinski definition) is 1. The van der Waals surface area contributed by atoms with Gasteiger partial charge in [0.1, 0.15) is 6.54 Å². The third kappa shape index (κ3) is 4.40. The molecule has 1 aromatic carbocycles. The average Bonchev–Trinajstić information content (AvgIpc) is 3.27. The van der Waals surface area contributed by atoms with Gasteiger partial charge in [0.05, 0.1) is 24.9 Å². The molecule has 3 rings (SSSR count). The van der Waals surface area contributed by atoms with E-state index < -0.39 is 5.97 Å². The molecule has 0 bridgehead atoms. The lowest BCUT2D eigenvalue weighted by Crippen LogP contribution is -2.31. The Morgan fingerprint density at radius 3 is 2.64 bits per heavy atom. The van der Waals surface area contributed by atoms with E-state index >= 15 is 0 Å². The van der Waals surface area contributed by atoms with Crippen LogP contribution in [0.3, 0.4) is 0 Å². The second-order valence-corrected chi connectivity index (χ2v) is 7.39. The summed E-state index contributed by atoms with van der Waals surface area (Å²) in [5, 5.41) is 10.4. The predicted octanol–water partition coefficient (Wildman–Crippen LogP) is 3.10. The van der Waals surface area contributed by atoms with Crippen LogP contribution in [0.1, 0.15) is 17.0 Å². The molecule has 0 unspecified atom stereocenters. The van der Waals surface area contributed by atoms with Crippen molar-refractivity contribution in [1.82, 2.24) is 20.1 Å². The third-order valence-electron chi connectivity index (χ3n) is 4.25. The van der Waals surface area contributed by atoms with Gasteiger partial charge in [-0.1, -0.05) is 23.7 Å². The van der Waals surface area contributed by atoms with E-state index in [1.165, 1.54) is 18.4 Å². The van der Waals surface area contributed by atoms with E-state index in [0.29, 0.717) is 10.2 Å². The molecule has 2 aromatic heterocycles. The van der Waals surface area contributed by atoms with E-state index in [1.54, 1.807) is 4.68 Å². The van der Waals surface area contributed by atoms with Crippen LogP contribution in [0.25, 0.3) is 16.4 Å². The number of carbonyl (C=O) groups is 2. The number of halogens is 1. The molecule has 28 heavy (non-hydrogen) atoms. The quantitative estimate of drug-likeness (QED) is 0.621. The largest absolute Gasteiger partial charge is 0.468 e. The van der Waals surface area contributed by atoms with Gasteiger partial charge < -0.3 is 10.1 Å². The van der Waals surface area contributed by atoms with E-state index in [0.717, 1.165) is 28.2 Å². The lowest BCUT2D eigenvalue weighted by molar-refractivity contribution is -0.141. The Balaban J connectivity index is 1.79. The van der Waals surface area contributed by atoms with Crippen LogP contribution in [0, 0.1) is 13.8 Å². The fourth-order valence-corrected chi connectivity index (χ4v) is 3.66. The van der Waals surface area contributed by atoms with Crippen molar-refractivity contribution in [3.05, 3.63) is 51.6 Å². The highest BCUT2D eigenvalue weighted by Crippen LogP contribution is 2.27. The number of esters is 1. The van der Waals surface area contributed by atoms with Crippen molar-refractivity contribution < 1.29 is 14.3 Å². The number of rotatable bonds is 6. The Bertz CT molecular complexity index is 1010. The van der Waals surface area contributed by atoms with Gasteiger partial charge in [-0.15, -0.1) is 11.3 Å². The fourth-order valence-electron chi connectivity index (χ4n) is 2.70. The molecule has 0 saturated heterocycles. The highest BCUT2D eigenvalue weighted by atomic mass is 35.5. The van der Waals surface area contributed by atoms with Crippen molar-refractivity contribution in [3.63, 3.8) is 0 Å². The minimum absolute atomic E-state index is 0.129. The van der Waals surface area contributed by atoms with Crippen LogP contribution in [0.5, 0.6) is 0 Å². The lowest BCUT2D eigenvalue weighted by Gasteiger charge is -2.05. The summed E-state index contributed by atoms with van der Waals surface area (Å²) in [7, 11) is 1.28.